The van der Waals surface area contributed by atoms with E-state index in [1.807, 2.05) is 36.5 Å². The topological polar surface area (TPSA) is 44.1 Å². The summed E-state index contributed by atoms with van der Waals surface area (Å²) >= 11 is 0. The molecule has 4 nitrogen and oxygen atoms in total. The average Bonchev–Trinajstić information content (AvgIpc) is 3.08. The van der Waals surface area contributed by atoms with Crippen molar-refractivity contribution < 1.29 is 9.53 Å². The van der Waals surface area contributed by atoms with Crippen molar-refractivity contribution in [1.29, 1.82) is 0 Å². The van der Waals surface area contributed by atoms with Gasteiger partial charge in [0.05, 0.1) is 5.69 Å². The van der Waals surface area contributed by atoms with Gasteiger partial charge in [0.1, 0.15) is 6.73 Å². The molecule has 0 aliphatic rings. The zero-order chi connectivity index (χ0) is 19.3. The van der Waals surface area contributed by atoms with E-state index < -0.39 is 8.07 Å². The van der Waals surface area contributed by atoms with Crippen LogP contribution in [0.3, 0.4) is 0 Å². The number of aromatic nitrogens is 2. The summed E-state index contributed by atoms with van der Waals surface area (Å²) in [6, 6.07) is 19.6. The first-order chi connectivity index (χ1) is 13.0. The summed E-state index contributed by atoms with van der Waals surface area (Å²) in [4.78, 5) is 15.8. The standard InChI is InChI=1S/C22H26N2O2Si/c1-27(2,3)14-13-26-17-24-15-21(23-22(24)16-25)20-11-9-19(10-12-20)18-7-5-4-6-8-18/h4-12,15-16H,13-14,17H2,1-3H3. The number of rotatable bonds is 8. The van der Waals surface area contributed by atoms with Crippen molar-refractivity contribution in [2.24, 2.45) is 0 Å². The molecule has 2 aromatic carbocycles. The fourth-order valence-corrected chi connectivity index (χ4v) is 3.53. The summed E-state index contributed by atoms with van der Waals surface area (Å²) in [7, 11) is -1.12. The van der Waals surface area contributed by atoms with E-state index in [2.05, 4.69) is 48.9 Å². The number of carbonyl (C=O) groups excluding carboxylic acids is 1. The highest BCUT2D eigenvalue weighted by atomic mass is 28.3. The van der Waals surface area contributed by atoms with Gasteiger partial charge >= 0.3 is 0 Å². The molecule has 0 radical (unpaired) electrons. The van der Waals surface area contributed by atoms with Gasteiger partial charge in [-0.15, -0.1) is 0 Å². The maximum Gasteiger partial charge on any atom is 0.185 e. The van der Waals surface area contributed by atoms with Gasteiger partial charge in [0.25, 0.3) is 0 Å². The first-order valence-electron chi connectivity index (χ1n) is 9.22. The molecule has 0 aliphatic heterocycles. The van der Waals surface area contributed by atoms with Crippen LogP contribution in [0.1, 0.15) is 10.6 Å². The molecule has 3 rings (SSSR count). The molecule has 27 heavy (non-hydrogen) atoms. The van der Waals surface area contributed by atoms with Crippen LogP contribution in [0.5, 0.6) is 0 Å². The highest BCUT2D eigenvalue weighted by molar-refractivity contribution is 6.76. The summed E-state index contributed by atoms with van der Waals surface area (Å²) in [6.45, 7) is 8.03. The molecule has 140 valence electrons. The molecule has 0 aliphatic carbocycles. The maximum atomic E-state index is 11.4. The summed E-state index contributed by atoms with van der Waals surface area (Å²) in [6.07, 6.45) is 2.67. The predicted octanol–water partition coefficient (Wildman–Crippen LogP) is 5.34. The second kappa shape index (κ2) is 8.46. The first-order valence-corrected chi connectivity index (χ1v) is 12.9. The Kier molecular flexibility index (Phi) is 6.03. The molecule has 0 amide bonds. The zero-order valence-electron chi connectivity index (χ0n) is 16.2. The Bertz CT molecular complexity index is 881. The third-order valence-corrected chi connectivity index (χ3v) is 6.13. The van der Waals surface area contributed by atoms with E-state index in [-0.39, 0.29) is 0 Å². The van der Waals surface area contributed by atoms with Crippen LogP contribution in [0.4, 0.5) is 0 Å². The fourth-order valence-electron chi connectivity index (χ4n) is 2.77. The predicted molar refractivity (Wildman–Crippen MR) is 113 cm³/mol. The molecule has 0 N–H and O–H groups in total. The molecule has 1 heterocycles. The van der Waals surface area contributed by atoms with Crippen LogP contribution >= 0.6 is 0 Å². The molecule has 0 fully saturated rings. The smallest absolute Gasteiger partial charge is 0.185 e. The number of carbonyl (C=O) groups is 1. The summed E-state index contributed by atoms with van der Waals surface area (Å²) in [5.41, 5.74) is 4.10. The van der Waals surface area contributed by atoms with E-state index in [4.69, 9.17) is 4.74 Å². The lowest BCUT2D eigenvalue weighted by Gasteiger charge is -2.15. The van der Waals surface area contributed by atoms with Crippen molar-refractivity contribution in [2.75, 3.05) is 6.61 Å². The SMILES string of the molecule is C[Si](C)(C)CCOCn1cc(-c2ccc(-c3ccccc3)cc2)nc1C=O. The number of imidazole rings is 1. The summed E-state index contributed by atoms with van der Waals surface area (Å²) < 4.78 is 7.54. The molecule has 0 bridgehead atoms. The number of hydrogen-bond acceptors (Lipinski definition) is 3. The number of hydrogen-bond donors (Lipinski definition) is 0. The first kappa shape index (κ1) is 19.3. The zero-order valence-corrected chi connectivity index (χ0v) is 17.2. The largest absolute Gasteiger partial charge is 0.361 e. The highest BCUT2D eigenvalue weighted by Crippen LogP contribution is 2.24. The van der Waals surface area contributed by atoms with E-state index in [1.54, 1.807) is 4.57 Å². The normalized spacial score (nSPS) is 11.5. The number of benzene rings is 2. The molecule has 0 saturated carbocycles. The maximum absolute atomic E-state index is 11.4. The average molecular weight is 379 g/mol. The Morgan fingerprint density at radius 3 is 2.22 bits per heavy atom. The van der Waals surface area contributed by atoms with Crippen LogP contribution < -0.4 is 0 Å². The monoisotopic (exact) mass is 378 g/mol. The number of ether oxygens (including phenoxy) is 1. The van der Waals surface area contributed by atoms with Crippen LogP contribution in [-0.4, -0.2) is 30.5 Å². The second-order valence-corrected chi connectivity index (χ2v) is 13.5. The van der Waals surface area contributed by atoms with Crippen LogP contribution in [0.25, 0.3) is 22.4 Å². The van der Waals surface area contributed by atoms with Gasteiger partial charge in [-0.2, -0.15) is 0 Å². The van der Waals surface area contributed by atoms with E-state index in [9.17, 15) is 4.79 Å². The van der Waals surface area contributed by atoms with Gasteiger partial charge < -0.3 is 9.30 Å². The Hall–Kier alpha value is -2.50. The van der Waals surface area contributed by atoms with Gasteiger partial charge in [0, 0.05) is 26.4 Å². The van der Waals surface area contributed by atoms with Gasteiger partial charge in [-0.05, 0) is 17.2 Å². The molecular weight excluding hydrogens is 352 g/mol. The van der Waals surface area contributed by atoms with E-state index in [1.165, 1.54) is 5.56 Å². The fraction of sp³-hybridized carbons (Fsp3) is 0.273. The molecule has 0 spiro atoms. The van der Waals surface area contributed by atoms with Gasteiger partial charge in [-0.1, -0.05) is 74.2 Å². The van der Waals surface area contributed by atoms with Crippen molar-refractivity contribution >= 4 is 14.4 Å². The van der Waals surface area contributed by atoms with E-state index in [0.29, 0.717) is 19.2 Å². The summed E-state index contributed by atoms with van der Waals surface area (Å²) in [5.74, 6) is 0.394. The lowest BCUT2D eigenvalue weighted by molar-refractivity contribution is 0.0832. The molecule has 0 saturated heterocycles. The van der Waals surface area contributed by atoms with Gasteiger partial charge in [0.15, 0.2) is 12.1 Å². The second-order valence-electron chi connectivity index (χ2n) is 7.86. The van der Waals surface area contributed by atoms with Crippen LogP contribution in [0.15, 0.2) is 60.8 Å². The Morgan fingerprint density at radius 1 is 0.963 bits per heavy atom. The van der Waals surface area contributed by atoms with Gasteiger partial charge in [0.2, 0.25) is 0 Å². The van der Waals surface area contributed by atoms with Crippen LogP contribution in [0.2, 0.25) is 25.7 Å². The van der Waals surface area contributed by atoms with Crippen molar-refractivity contribution in [3.8, 4) is 22.4 Å². The van der Waals surface area contributed by atoms with E-state index >= 15 is 0 Å². The molecule has 5 heteroatoms. The third-order valence-electron chi connectivity index (χ3n) is 4.43. The highest BCUT2D eigenvalue weighted by Gasteiger charge is 2.13. The van der Waals surface area contributed by atoms with Gasteiger partial charge in [-0.3, -0.25) is 4.79 Å². The van der Waals surface area contributed by atoms with Crippen LogP contribution in [-0.2, 0) is 11.5 Å². The Balaban J connectivity index is 1.71. The minimum atomic E-state index is -1.12. The lowest BCUT2D eigenvalue weighted by atomic mass is 10.0. The number of aldehydes is 1. The van der Waals surface area contributed by atoms with E-state index in [0.717, 1.165) is 29.2 Å². The lowest BCUT2D eigenvalue weighted by Crippen LogP contribution is -2.22. The minimum Gasteiger partial charge on any atom is -0.361 e. The molecule has 0 unspecified atom stereocenters. The number of nitrogens with zero attached hydrogens (tertiary/aromatic N) is 2. The van der Waals surface area contributed by atoms with Crippen molar-refractivity contribution in [1.82, 2.24) is 9.55 Å². The molecule has 3 aromatic rings. The quantitative estimate of drug-likeness (QED) is 0.302. The summed E-state index contributed by atoms with van der Waals surface area (Å²) in [5, 5.41) is 0. The van der Waals surface area contributed by atoms with Gasteiger partial charge in [-0.25, -0.2) is 4.98 Å². The Morgan fingerprint density at radius 2 is 1.59 bits per heavy atom. The molecule has 1 aromatic heterocycles. The minimum absolute atomic E-state index is 0.355. The molecular formula is C22H26N2O2Si. The van der Waals surface area contributed by atoms with Crippen molar-refractivity contribution in [2.45, 2.75) is 32.4 Å². The van der Waals surface area contributed by atoms with Crippen LogP contribution in [0, 0.1) is 0 Å². The third kappa shape index (κ3) is 5.25. The van der Waals surface area contributed by atoms with Crippen molar-refractivity contribution in [3.05, 3.63) is 66.6 Å². The Labute approximate surface area is 161 Å². The molecule has 0 atom stereocenters. The van der Waals surface area contributed by atoms with Crippen molar-refractivity contribution in [3.63, 3.8) is 0 Å².